The molecule has 0 aromatic carbocycles. The van der Waals surface area contributed by atoms with Gasteiger partial charge in [0.1, 0.15) is 11.5 Å². The molecule has 0 bridgehead atoms. The zero-order valence-electron chi connectivity index (χ0n) is 15.5. The maximum Gasteiger partial charge on any atom is 0.274 e. The Morgan fingerprint density at radius 3 is 2.41 bits per heavy atom. The van der Waals surface area contributed by atoms with Crippen LogP contribution in [0.25, 0.3) is 0 Å². The second kappa shape index (κ2) is 7.74. The Morgan fingerprint density at radius 1 is 1.11 bits per heavy atom. The molecule has 0 saturated carbocycles. The van der Waals surface area contributed by atoms with E-state index in [1.54, 1.807) is 22.8 Å². The second-order valence-corrected chi connectivity index (χ2v) is 6.87. The monoisotopic (exact) mass is 393 g/mol. The topological polar surface area (TPSA) is 94.5 Å². The number of halogens is 1. The highest BCUT2D eigenvalue weighted by atomic mass is 35.5. The molecule has 146 valence electrons. The molecule has 2 amide bonds. The van der Waals surface area contributed by atoms with E-state index in [-0.39, 0.29) is 24.2 Å². The number of H-pyrrole nitrogens is 1. The van der Waals surface area contributed by atoms with Crippen LogP contribution < -0.4 is 5.32 Å². The van der Waals surface area contributed by atoms with Crippen LogP contribution in [-0.4, -0.2) is 64.5 Å². The van der Waals surface area contributed by atoms with Gasteiger partial charge < -0.3 is 19.5 Å². The lowest BCUT2D eigenvalue weighted by atomic mass is 10.1. The number of nitrogens with one attached hydrogen (secondary N) is 2. The largest absolute Gasteiger partial charge is 0.466 e. The van der Waals surface area contributed by atoms with Gasteiger partial charge in [0.15, 0.2) is 5.69 Å². The van der Waals surface area contributed by atoms with E-state index in [4.69, 9.17) is 4.42 Å². The van der Waals surface area contributed by atoms with Gasteiger partial charge in [0.2, 0.25) is 0 Å². The van der Waals surface area contributed by atoms with Gasteiger partial charge in [0, 0.05) is 56.9 Å². The number of carbonyl (C=O) groups is 2. The highest BCUT2D eigenvalue weighted by Crippen LogP contribution is 2.20. The average Bonchev–Trinajstić information content (AvgIpc) is 3.23. The van der Waals surface area contributed by atoms with Gasteiger partial charge in [0.25, 0.3) is 11.8 Å². The maximum atomic E-state index is 12.8. The first-order chi connectivity index (χ1) is 12.5. The number of piperazine rings is 1. The summed E-state index contributed by atoms with van der Waals surface area (Å²) in [6.07, 6.45) is 0.862. The second-order valence-electron chi connectivity index (χ2n) is 6.87. The molecule has 0 unspecified atom stereocenters. The Hall–Kier alpha value is -2.32. The van der Waals surface area contributed by atoms with Crippen LogP contribution >= 0.6 is 12.4 Å². The number of hydrogen-bond acceptors (Lipinski definition) is 5. The van der Waals surface area contributed by atoms with Crippen molar-refractivity contribution < 1.29 is 14.0 Å². The number of rotatable bonds is 2. The minimum absolute atomic E-state index is 0. The molecule has 2 aliphatic rings. The van der Waals surface area contributed by atoms with Crippen molar-refractivity contribution in [1.29, 1.82) is 0 Å². The molecule has 2 N–H and O–H groups in total. The lowest BCUT2D eigenvalue weighted by Gasteiger charge is -2.34. The fourth-order valence-electron chi connectivity index (χ4n) is 3.68. The van der Waals surface area contributed by atoms with Crippen molar-refractivity contribution in [2.45, 2.75) is 26.8 Å². The van der Waals surface area contributed by atoms with E-state index in [2.05, 4.69) is 15.5 Å². The highest BCUT2D eigenvalue weighted by molar-refractivity contribution is 5.96. The summed E-state index contributed by atoms with van der Waals surface area (Å²) in [4.78, 5) is 29.1. The van der Waals surface area contributed by atoms with Crippen molar-refractivity contribution in [3.8, 4) is 0 Å². The fourth-order valence-corrected chi connectivity index (χ4v) is 3.68. The molecule has 1 saturated heterocycles. The van der Waals surface area contributed by atoms with Gasteiger partial charge in [-0.25, -0.2) is 0 Å². The van der Waals surface area contributed by atoms with Gasteiger partial charge in [0.05, 0.1) is 5.56 Å². The summed E-state index contributed by atoms with van der Waals surface area (Å²) in [6.45, 7) is 7.25. The molecule has 0 radical (unpaired) electrons. The smallest absolute Gasteiger partial charge is 0.274 e. The van der Waals surface area contributed by atoms with Gasteiger partial charge in [-0.2, -0.15) is 5.10 Å². The predicted molar refractivity (Wildman–Crippen MR) is 101 cm³/mol. The van der Waals surface area contributed by atoms with Crippen LogP contribution in [0.15, 0.2) is 10.5 Å². The van der Waals surface area contributed by atoms with Crippen LogP contribution in [0.5, 0.6) is 0 Å². The summed E-state index contributed by atoms with van der Waals surface area (Å²) in [5.41, 5.74) is 3.14. The van der Waals surface area contributed by atoms with E-state index in [9.17, 15) is 9.59 Å². The Kier molecular flexibility index (Phi) is 5.57. The van der Waals surface area contributed by atoms with Gasteiger partial charge in [-0.05, 0) is 19.9 Å². The SMILES string of the molecule is Cc1cc(C(=O)N2CCN(C(=O)c3n[nH]c4c3CNCC4)CC2)c(C)o1.Cl. The van der Waals surface area contributed by atoms with E-state index in [0.29, 0.717) is 49.7 Å². The zero-order valence-corrected chi connectivity index (χ0v) is 16.3. The molecule has 2 aliphatic heterocycles. The third-order valence-electron chi connectivity index (χ3n) is 5.13. The lowest BCUT2D eigenvalue weighted by Crippen LogP contribution is -2.51. The number of aromatic nitrogens is 2. The molecule has 9 heteroatoms. The van der Waals surface area contributed by atoms with Crippen LogP contribution in [0.3, 0.4) is 0 Å². The van der Waals surface area contributed by atoms with Gasteiger partial charge in [-0.3, -0.25) is 14.7 Å². The first-order valence-electron chi connectivity index (χ1n) is 8.97. The van der Waals surface area contributed by atoms with E-state index < -0.39 is 0 Å². The first kappa shape index (κ1) is 19.4. The van der Waals surface area contributed by atoms with Crippen molar-refractivity contribution in [3.05, 3.63) is 40.1 Å². The zero-order chi connectivity index (χ0) is 18.3. The van der Waals surface area contributed by atoms with E-state index >= 15 is 0 Å². The number of carbonyl (C=O) groups excluding carboxylic acids is 2. The number of amides is 2. The third-order valence-corrected chi connectivity index (χ3v) is 5.13. The molecular formula is C18H24ClN5O3. The number of aryl methyl sites for hydroxylation is 2. The third kappa shape index (κ3) is 3.59. The van der Waals surface area contributed by atoms with E-state index in [1.807, 2.05) is 6.92 Å². The van der Waals surface area contributed by atoms with E-state index in [1.165, 1.54) is 0 Å². The van der Waals surface area contributed by atoms with Crippen molar-refractivity contribution >= 4 is 24.2 Å². The van der Waals surface area contributed by atoms with Crippen LogP contribution in [-0.2, 0) is 13.0 Å². The number of fused-ring (bicyclic) bond motifs is 1. The summed E-state index contributed by atoms with van der Waals surface area (Å²) in [5.74, 6) is 1.28. The quantitative estimate of drug-likeness (QED) is 0.801. The summed E-state index contributed by atoms with van der Waals surface area (Å²) in [6, 6.07) is 1.78. The van der Waals surface area contributed by atoms with Crippen LogP contribution in [0.2, 0.25) is 0 Å². The molecule has 2 aromatic heterocycles. The van der Waals surface area contributed by atoms with Crippen molar-refractivity contribution in [1.82, 2.24) is 25.3 Å². The lowest BCUT2D eigenvalue weighted by molar-refractivity contribution is 0.0530. The minimum Gasteiger partial charge on any atom is -0.466 e. The highest BCUT2D eigenvalue weighted by Gasteiger charge is 2.30. The van der Waals surface area contributed by atoms with Crippen molar-refractivity contribution in [2.75, 3.05) is 32.7 Å². The summed E-state index contributed by atoms with van der Waals surface area (Å²) >= 11 is 0. The van der Waals surface area contributed by atoms with Crippen LogP contribution in [0, 0.1) is 13.8 Å². The standard InChI is InChI=1S/C18H23N5O3.ClH/c1-11-9-13(12(2)26-11)17(24)22-5-7-23(8-6-22)18(25)16-14-10-19-4-3-15(14)20-21-16;/h9,19H,3-8,10H2,1-2H3,(H,20,21);1H. The molecule has 0 aliphatic carbocycles. The number of furan rings is 1. The number of nitrogens with zero attached hydrogens (tertiary/aromatic N) is 3. The molecule has 2 aromatic rings. The molecule has 0 spiro atoms. The summed E-state index contributed by atoms with van der Waals surface area (Å²) in [5, 5.41) is 10.5. The van der Waals surface area contributed by atoms with Gasteiger partial charge in [-0.1, -0.05) is 0 Å². The number of hydrogen-bond donors (Lipinski definition) is 2. The predicted octanol–water partition coefficient (Wildman–Crippen LogP) is 1.29. The van der Waals surface area contributed by atoms with Crippen LogP contribution in [0.1, 0.15) is 43.6 Å². The molecule has 1 fully saturated rings. The minimum atomic E-state index is -0.0614. The molecule has 27 heavy (non-hydrogen) atoms. The Bertz CT molecular complexity index is 851. The van der Waals surface area contributed by atoms with Gasteiger partial charge >= 0.3 is 0 Å². The summed E-state index contributed by atoms with van der Waals surface area (Å²) < 4.78 is 5.46. The van der Waals surface area contributed by atoms with Crippen LogP contribution in [0.4, 0.5) is 0 Å². The molecule has 0 atom stereocenters. The Morgan fingerprint density at radius 2 is 1.78 bits per heavy atom. The first-order valence-corrected chi connectivity index (χ1v) is 8.97. The summed E-state index contributed by atoms with van der Waals surface area (Å²) in [7, 11) is 0. The van der Waals surface area contributed by atoms with E-state index in [0.717, 1.165) is 30.0 Å². The molecule has 8 nitrogen and oxygen atoms in total. The Labute approximate surface area is 163 Å². The maximum absolute atomic E-state index is 12.8. The molecule has 4 rings (SSSR count). The molecular weight excluding hydrogens is 370 g/mol. The average molecular weight is 394 g/mol. The number of aromatic amines is 1. The van der Waals surface area contributed by atoms with Crippen molar-refractivity contribution in [3.63, 3.8) is 0 Å². The fraction of sp³-hybridized carbons (Fsp3) is 0.500. The normalized spacial score (nSPS) is 16.7. The molecule has 4 heterocycles. The van der Waals surface area contributed by atoms with Gasteiger partial charge in [-0.15, -0.1) is 12.4 Å². The van der Waals surface area contributed by atoms with Crippen molar-refractivity contribution in [2.24, 2.45) is 0 Å². The Balaban J connectivity index is 0.00000210.